The van der Waals surface area contributed by atoms with Crippen LogP contribution in [0.15, 0.2) is 46.0 Å². The number of benzene rings is 1. The Balaban J connectivity index is 2.11. The molecule has 1 heterocycles. The molecule has 8 heteroatoms. The van der Waals surface area contributed by atoms with Crippen molar-refractivity contribution in [3.63, 3.8) is 0 Å². The summed E-state index contributed by atoms with van der Waals surface area (Å²) >= 11 is 1.29. The second kappa shape index (κ2) is 9.10. The molecule has 1 amide bonds. The lowest BCUT2D eigenvalue weighted by Gasteiger charge is -2.18. The van der Waals surface area contributed by atoms with Gasteiger partial charge < -0.3 is 11.1 Å². The minimum atomic E-state index is -3.73. The molecule has 0 radical (unpaired) electrons. The first-order chi connectivity index (χ1) is 11.9. The second-order valence-electron chi connectivity index (χ2n) is 5.77. The van der Waals surface area contributed by atoms with Crippen molar-refractivity contribution in [1.82, 2.24) is 4.72 Å². The van der Waals surface area contributed by atoms with E-state index in [4.69, 9.17) is 5.73 Å². The van der Waals surface area contributed by atoms with Crippen molar-refractivity contribution in [3.8, 4) is 0 Å². The van der Waals surface area contributed by atoms with E-state index >= 15 is 0 Å². The van der Waals surface area contributed by atoms with Gasteiger partial charge in [0.2, 0.25) is 15.9 Å². The quantitative estimate of drug-likeness (QED) is 0.581. The van der Waals surface area contributed by atoms with Crippen molar-refractivity contribution in [3.05, 3.63) is 46.7 Å². The number of thiophene rings is 1. The third-order valence-electron chi connectivity index (χ3n) is 3.69. The van der Waals surface area contributed by atoms with E-state index < -0.39 is 16.1 Å². The van der Waals surface area contributed by atoms with E-state index in [9.17, 15) is 13.2 Å². The van der Waals surface area contributed by atoms with Crippen LogP contribution >= 0.6 is 11.3 Å². The molecule has 25 heavy (non-hydrogen) atoms. The van der Waals surface area contributed by atoms with Crippen LogP contribution in [0.3, 0.4) is 0 Å². The maximum Gasteiger partial charge on any atom is 0.242 e. The van der Waals surface area contributed by atoms with E-state index in [-0.39, 0.29) is 10.8 Å². The summed E-state index contributed by atoms with van der Waals surface area (Å²) in [5.41, 5.74) is 7.21. The predicted molar refractivity (Wildman–Crippen MR) is 101 cm³/mol. The number of anilines is 1. The summed E-state index contributed by atoms with van der Waals surface area (Å²) < 4.78 is 27.4. The predicted octanol–water partition coefficient (Wildman–Crippen LogP) is 2.47. The first-order valence-corrected chi connectivity index (χ1v) is 10.5. The number of carbonyl (C=O) groups is 1. The maximum absolute atomic E-state index is 12.6. The van der Waals surface area contributed by atoms with Gasteiger partial charge in [0.05, 0.1) is 4.90 Å². The van der Waals surface area contributed by atoms with E-state index in [0.29, 0.717) is 25.1 Å². The smallest absolute Gasteiger partial charge is 0.242 e. The number of nitrogens with two attached hydrogens (primary N) is 1. The summed E-state index contributed by atoms with van der Waals surface area (Å²) in [5.74, 6) is -0.375. The van der Waals surface area contributed by atoms with Crippen LogP contribution in [0, 0.1) is 6.92 Å². The molecule has 1 aromatic carbocycles. The molecular weight excluding hydrogens is 358 g/mol. The van der Waals surface area contributed by atoms with E-state index in [2.05, 4.69) is 10.0 Å². The first kappa shape index (κ1) is 19.6. The van der Waals surface area contributed by atoms with Gasteiger partial charge in [-0.1, -0.05) is 24.1 Å². The van der Waals surface area contributed by atoms with E-state index in [1.54, 1.807) is 17.5 Å². The number of hydrogen-bond acceptors (Lipinski definition) is 5. The summed E-state index contributed by atoms with van der Waals surface area (Å²) in [5, 5.41) is 5.99. The zero-order valence-electron chi connectivity index (χ0n) is 14.1. The molecule has 0 fully saturated rings. The molecule has 136 valence electrons. The fourth-order valence-electron chi connectivity index (χ4n) is 2.26. The fraction of sp³-hybridized carbons (Fsp3) is 0.353. The Labute approximate surface area is 152 Å². The van der Waals surface area contributed by atoms with Crippen molar-refractivity contribution in [2.75, 3.05) is 11.9 Å². The van der Waals surface area contributed by atoms with Gasteiger partial charge in [-0.2, -0.15) is 16.1 Å². The van der Waals surface area contributed by atoms with Gasteiger partial charge >= 0.3 is 0 Å². The molecule has 0 aliphatic rings. The Morgan fingerprint density at radius 2 is 1.92 bits per heavy atom. The summed E-state index contributed by atoms with van der Waals surface area (Å²) in [6.07, 6.45) is 1.78. The minimum Gasteiger partial charge on any atom is -0.330 e. The Morgan fingerprint density at radius 1 is 1.20 bits per heavy atom. The summed E-state index contributed by atoms with van der Waals surface area (Å²) in [7, 11) is -3.73. The molecule has 0 unspecified atom stereocenters. The van der Waals surface area contributed by atoms with Gasteiger partial charge in [-0.3, -0.25) is 4.79 Å². The van der Waals surface area contributed by atoms with E-state index in [0.717, 1.165) is 12.0 Å². The molecule has 0 aliphatic carbocycles. The van der Waals surface area contributed by atoms with Crippen molar-refractivity contribution in [2.45, 2.75) is 37.1 Å². The summed E-state index contributed by atoms with van der Waals surface area (Å²) in [6, 6.07) is 8.01. The number of carbonyl (C=O) groups excluding carboxylic acids is 1. The molecule has 1 atom stereocenters. The van der Waals surface area contributed by atoms with Crippen molar-refractivity contribution < 1.29 is 13.2 Å². The molecule has 2 rings (SSSR count). The Kier molecular flexibility index (Phi) is 7.12. The number of amides is 1. The van der Waals surface area contributed by atoms with Crippen LogP contribution in [-0.4, -0.2) is 26.9 Å². The summed E-state index contributed by atoms with van der Waals surface area (Å²) in [6.45, 7) is 2.46. The van der Waals surface area contributed by atoms with Gasteiger partial charge in [-0.25, -0.2) is 8.42 Å². The third-order valence-corrected chi connectivity index (χ3v) is 5.99. The van der Waals surface area contributed by atoms with Crippen LogP contribution in [0.5, 0.6) is 0 Å². The largest absolute Gasteiger partial charge is 0.330 e. The molecule has 0 spiro atoms. The average Bonchev–Trinajstić information content (AvgIpc) is 3.11. The summed E-state index contributed by atoms with van der Waals surface area (Å²) in [4.78, 5) is 12.7. The molecule has 1 aromatic heterocycles. The van der Waals surface area contributed by atoms with Crippen LogP contribution in [0.4, 0.5) is 5.69 Å². The van der Waals surface area contributed by atoms with Gasteiger partial charge in [-0.05, 0) is 49.9 Å². The number of nitrogens with one attached hydrogen (secondary N) is 2. The molecule has 0 bridgehead atoms. The standard InChI is InChI=1S/C17H23N3O3S2/c1-13-5-7-14(8-6-13)19-17(21)16(4-2-3-10-18)20-25(22,23)15-9-11-24-12-15/h5-9,11-12,16,20H,2-4,10,18H2,1H3,(H,19,21)/t16-/m0/s1. The molecule has 0 aliphatic heterocycles. The highest BCUT2D eigenvalue weighted by Crippen LogP contribution is 2.16. The van der Waals surface area contributed by atoms with Crippen molar-refractivity contribution in [2.24, 2.45) is 5.73 Å². The van der Waals surface area contributed by atoms with Crippen molar-refractivity contribution >= 4 is 33.0 Å². The number of aryl methyl sites for hydroxylation is 1. The molecule has 4 N–H and O–H groups in total. The normalized spacial score (nSPS) is 12.7. The van der Waals surface area contributed by atoms with Crippen LogP contribution in [-0.2, 0) is 14.8 Å². The molecule has 2 aromatic rings. The van der Waals surface area contributed by atoms with Gasteiger partial charge in [0.15, 0.2) is 0 Å². The minimum absolute atomic E-state index is 0.171. The highest BCUT2D eigenvalue weighted by atomic mass is 32.2. The Morgan fingerprint density at radius 3 is 2.52 bits per heavy atom. The first-order valence-electron chi connectivity index (χ1n) is 8.04. The zero-order chi connectivity index (χ0) is 18.3. The average molecular weight is 382 g/mol. The highest BCUT2D eigenvalue weighted by molar-refractivity contribution is 7.89. The van der Waals surface area contributed by atoms with E-state index in [1.165, 1.54) is 22.8 Å². The monoisotopic (exact) mass is 381 g/mol. The molecule has 0 saturated carbocycles. The van der Waals surface area contributed by atoms with Crippen LogP contribution in [0.25, 0.3) is 0 Å². The highest BCUT2D eigenvalue weighted by Gasteiger charge is 2.25. The number of sulfonamides is 1. The topological polar surface area (TPSA) is 101 Å². The van der Waals surface area contributed by atoms with Gasteiger partial charge in [0.25, 0.3) is 0 Å². The Hall–Kier alpha value is -1.74. The lowest BCUT2D eigenvalue weighted by molar-refractivity contribution is -0.117. The lowest BCUT2D eigenvalue weighted by atomic mass is 10.1. The third kappa shape index (κ3) is 5.93. The van der Waals surface area contributed by atoms with Crippen LogP contribution < -0.4 is 15.8 Å². The van der Waals surface area contributed by atoms with Crippen molar-refractivity contribution in [1.29, 1.82) is 0 Å². The maximum atomic E-state index is 12.6. The SMILES string of the molecule is Cc1ccc(NC(=O)[C@H](CCCCN)NS(=O)(=O)c2ccsc2)cc1. The lowest BCUT2D eigenvalue weighted by Crippen LogP contribution is -2.43. The van der Waals surface area contributed by atoms with E-state index in [1.807, 2.05) is 19.1 Å². The number of unbranched alkanes of at least 4 members (excludes halogenated alkanes) is 1. The van der Waals surface area contributed by atoms with Gasteiger partial charge in [0, 0.05) is 11.1 Å². The zero-order valence-corrected chi connectivity index (χ0v) is 15.7. The molecule has 6 nitrogen and oxygen atoms in total. The number of rotatable bonds is 9. The fourth-order valence-corrected chi connectivity index (χ4v) is 4.52. The van der Waals surface area contributed by atoms with Gasteiger partial charge in [-0.15, -0.1) is 0 Å². The molecular formula is C17H23N3O3S2. The van der Waals surface area contributed by atoms with Crippen LogP contribution in [0.1, 0.15) is 24.8 Å². The second-order valence-corrected chi connectivity index (χ2v) is 8.27. The molecule has 0 saturated heterocycles. The number of hydrogen-bond donors (Lipinski definition) is 3. The van der Waals surface area contributed by atoms with Gasteiger partial charge in [0.1, 0.15) is 6.04 Å². The Bertz CT molecular complexity index is 772. The van der Waals surface area contributed by atoms with Crippen LogP contribution in [0.2, 0.25) is 0 Å².